The molecule has 1 saturated carbocycles. The molecular formula is C13H16O3. The van der Waals surface area contributed by atoms with Gasteiger partial charge in [0.25, 0.3) is 0 Å². The van der Waals surface area contributed by atoms with Gasteiger partial charge in [-0.15, -0.1) is 0 Å². The van der Waals surface area contributed by atoms with Gasteiger partial charge in [-0.1, -0.05) is 0 Å². The van der Waals surface area contributed by atoms with Gasteiger partial charge < -0.3 is 9.47 Å². The summed E-state index contributed by atoms with van der Waals surface area (Å²) in [4.78, 5) is 11.7. The van der Waals surface area contributed by atoms with Crippen molar-refractivity contribution < 1.29 is 14.3 Å². The lowest BCUT2D eigenvalue weighted by Crippen LogP contribution is -2.04. The molecule has 0 aliphatic heterocycles. The van der Waals surface area contributed by atoms with Gasteiger partial charge >= 0.3 is 0 Å². The minimum atomic E-state index is 0.0315. The molecule has 2 rings (SSSR count). The third kappa shape index (κ3) is 2.03. The average Bonchev–Trinajstić information content (AvgIpc) is 2.74. The second kappa shape index (κ2) is 4.56. The molecule has 0 N–H and O–H groups in total. The third-order valence-electron chi connectivity index (χ3n) is 3.08. The largest absolute Gasteiger partial charge is 0.497 e. The van der Waals surface area contributed by atoms with Crippen molar-refractivity contribution in [2.75, 3.05) is 14.2 Å². The summed E-state index contributed by atoms with van der Waals surface area (Å²) in [5.74, 6) is 1.85. The lowest BCUT2D eigenvalue weighted by atomic mass is 9.96. The Morgan fingerprint density at radius 3 is 2.19 bits per heavy atom. The predicted molar refractivity (Wildman–Crippen MR) is 61.1 cm³/mol. The number of carbonyl (C=O) groups excluding carboxylic acids is 1. The van der Waals surface area contributed by atoms with Crippen LogP contribution in [-0.2, 0) is 4.79 Å². The molecule has 0 unspecified atom stereocenters. The third-order valence-corrected chi connectivity index (χ3v) is 3.08. The minimum Gasteiger partial charge on any atom is -0.497 e. The molecule has 3 nitrogen and oxygen atoms in total. The topological polar surface area (TPSA) is 35.5 Å². The van der Waals surface area contributed by atoms with E-state index in [1.165, 1.54) is 0 Å². The van der Waals surface area contributed by atoms with Crippen molar-refractivity contribution in [2.24, 2.45) is 0 Å². The van der Waals surface area contributed by atoms with E-state index >= 15 is 0 Å². The van der Waals surface area contributed by atoms with E-state index in [1.807, 2.05) is 18.2 Å². The van der Waals surface area contributed by atoms with E-state index < -0.39 is 0 Å². The monoisotopic (exact) mass is 220 g/mol. The van der Waals surface area contributed by atoms with Gasteiger partial charge in [-0.3, -0.25) is 4.79 Å². The van der Waals surface area contributed by atoms with Crippen molar-refractivity contribution in [3.8, 4) is 11.5 Å². The Kier molecular flexibility index (Phi) is 3.13. The highest BCUT2D eigenvalue weighted by Crippen LogP contribution is 2.35. The summed E-state index contributed by atoms with van der Waals surface area (Å²) in [6, 6.07) is 5.68. The second-order valence-corrected chi connectivity index (χ2v) is 4.06. The van der Waals surface area contributed by atoms with Gasteiger partial charge in [0.15, 0.2) is 0 Å². The summed E-state index contributed by atoms with van der Waals surface area (Å²) in [6.07, 6.45) is 2.63. The number of hydrogen-bond donors (Lipinski definition) is 0. The molecular weight excluding hydrogens is 204 g/mol. The molecule has 0 spiro atoms. The molecule has 86 valence electrons. The van der Waals surface area contributed by atoms with Crippen LogP contribution in [0.2, 0.25) is 0 Å². The van der Waals surface area contributed by atoms with Crippen LogP contribution >= 0.6 is 0 Å². The van der Waals surface area contributed by atoms with Gasteiger partial charge in [0.05, 0.1) is 14.2 Å². The molecule has 1 atom stereocenters. The predicted octanol–water partition coefficient (Wildman–Crippen LogP) is 2.54. The van der Waals surface area contributed by atoms with Crippen LogP contribution < -0.4 is 9.47 Å². The molecule has 1 aromatic carbocycles. The highest BCUT2D eigenvalue weighted by Gasteiger charge is 2.26. The zero-order valence-electron chi connectivity index (χ0n) is 9.66. The summed E-state index contributed by atoms with van der Waals surface area (Å²) in [5.41, 5.74) is 1.01. The molecule has 0 heterocycles. The molecule has 1 aliphatic rings. The Bertz CT molecular complexity index is 376. The van der Waals surface area contributed by atoms with Crippen LogP contribution in [0.3, 0.4) is 0 Å². The lowest BCUT2D eigenvalue weighted by molar-refractivity contribution is -0.118. The first-order valence-electron chi connectivity index (χ1n) is 5.50. The van der Waals surface area contributed by atoms with Gasteiger partial charge in [0, 0.05) is 18.4 Å². The molecule has 1 aliphatic carbocycles. The molecule has 0 bridgehead atoms. The highest BCUT2D eigenvalue weighted by atomic mass is 16.5. The van der Waals surface area contributed by atoms with E-state index in [0.29, 0.717) is 12.2 Å². The van der Waals surface area contributed by atoms with E-state index in [0.717, 1.165) is 29.9 Å². The van der Waals surface area contributed by atoms with Crippen molar-refractivity contribution >= 4 is 5.78 Å². The molecule has 0 radical (unpaired) electrons. The standard InChI is InChI=1S/C13H16O3/c1-15-10-6-9(7-11(8-10)16-2)12-4-3-5-13(12)14/h6-8,12H,3-5H2,1-2H3/t12-/m0/s1. The van der Waals surface area contributed by atoms with E-state index in [-0.39, 0.29) is 5.92 Å². The summed E-state index contributed by atoms with van der Waals surface area (Å²) >= 11 is 0. The number of ketones is 1. The SMILES string of the molecule is COc1cc(OC)cc([C@@H]2CCCC2=O)c1. The van der Waals surface area contributed by atoms with Crippen LogP contribution in [0.4, 0.5) is 0 Å². The molecule has 0 saturated heterocycles. The zero-order chi connectivity index (χ0) is 11.5. The number of hydrogen-bond acceptors (Lipinski definition) is 3. The van der Waals surface area contributed by atoms with Crippen molar-refractivity contribution in [3.05, 3.63) is 23.8 Å². The zero-order valence-corrected chi connectivity index (χ0v) is 9.66. The van der Waals surface area contributed by atoms with Gasteiger partial charge in [-0.2, -0.15) is 0 Å². The summed E-state index contributed by atoms with van der Waals surface area (Å²) in [6.45, 7) is 0. The van der Waals surface area contributed by atoms with E-state index in [2.05, 4.69) is 0 Å². The fourth-order valence-corrected chi connectivity index (χ4v) is 2.20. The Morgan fingerprint density at radius 1 is 1.12 bits per heavy atom. The van der Waals surface area contributed by atoms with Gasteiger partial charge in [-0.05, 0) is 30.5 Å². The van der Waals surface area contributed by atoms with Crippen LogP contribution in [0.15, 0.2) is 18.2 Å². The van der Waals surface area contributed by atoms with Crippen LogP contribution in [0.25, 0.3) is 0 Å². The molecule has 1 aromatic rings. The van der Waals surface area contributed by atoms with E-state index in [9.17, 15) is 4.79 Å². The number of Topliss-reactive ketones (excluding diaryl/α,β-unsaturated/α-hetero) is 1. The number of benzene rings is 1. The molecule has 0 amide bonds. The highest BCUT2D eigenvalue weighted by molar-refractivity contribution is 5.87. The molecule has 16 heavy (non-hydrogen) atoms. The minimum absolute atomic E-state index is 0.0315. The van der Waals surface area contributed by atoms with Crippen molar-refractivity contribution in [3.63, 3.8) is 0 Å². The summed E-state index contributed by atoms with van der Waals surface area (Å²) < 4.78 is 10.4. The van der Waals surface area contributed by atoms with Gasteiger partial charge in [-0.25, -0.2) is 0 Å². The first-order valence-corrected chi connectivity index (χ1v) is 5.50. The number of rotatable bonds is 3. The quantitative estimate of drug-likeness (QED) is 0.785. The van der Waals surface area contributed by atoms with Crippen LogP contribution in [0.5, 0.6) is 11.5 Å². The number of methoxy groups -OCH3 is 2. The second-order valence-electron chi connectivity index (χ2n) is 4.06. The van der Waals surface area contributed by atoms with E-state index in [4.69, 9.17) is 9.47 Å². The maximum Gasteiger partial charge on any atom is 0.140 e. The fourth-order valence-electron chi connectivity index (χ4n) is 2.20. The van der Waals surface area contributed by atoms with Crippen LogP contribution in [0, 0.1) is 0 Å². The van der Waals surface area contributed by atoms with Crippen LogP contribution in [-0.4, -0.2) is 20.0 Å². The molecule has 3 heteroatoms. The van der Waals surface area contributed by atoms with Crippen molar-refractivity contribution in [2.45, 2.75) is 25.2 Å². The Balaban J connectivity index is 2.35. The Morgan fingerprint density at radius 2 is 1.75 bits per heavy atom. The average molecular weight is 220 g/mol. The molecule has 1 fully saturated rings. The Labute approximate surface area is 95.4 Å². The van der Waals surface area contributed by atoms with Crippen molar-refractivity contribution in [1.82, 2.24) is 0 Å². The fraction of sp³-hybridized carbons (Fsp3) is 0.462. The smallest absolute Gasteiger partial charge is 0.140 e. The first kappa shape index (κ1) is 11.0. The number of ether oxygens (including phenoxy) is 2. The number of carbonyl (C=O) groups is 1. The first-order chi connectivity index (χ1) is 7.74. The Hall–Kier alpha value is -1.51. The van der Waals surface area contributed by atoms with Gasteiger partial charge in [0.1, 0.15) is 17.3 Å². The normalized spacial score (nSPS) is 19.9. The summed E-state index contributed by atoms with van der Waals surface area (Å²) in [7, 11) is 3.24. The van der Waals surface area contributed by atoms with Gasteiger partial charge in [0.2, 0.25) is 0 Å². The lowest BCUT2D eigenvalue weighted by Gasteiger charge is -2.12. The molecule has 0 aromatic heterocycles. The van der Waals surface area contributed by atoms with Crippen LogP contribution in [0.1, 0.15) is 30.7 Å². The van der Waals surface area contributed by atoms with E-state index in [1.54, 1.807) is 14.2 Å². The maximum absolute atomic E-state index is 11.7. The van der Waals surface area contributed by atoms with Crippen molar-refractivity contribution in [1.29, 1.82) is 0 Å². The maximum atomic E-state index is 11.7. The summed E-state index contributed by atoms with van der Waals surface area (Å²) in [5, 5.41) is 0.